The largest absolute Gasteiger partial charge is 0.487 e. The summed E-state index contributed by atoms with van der Waals surface area (Å²) in [4.78, 5) is 23.8. The van der Waals surface area contributed by atoms with E-state index in [0.29, 0.717) is 13.2 Å². The number of carbonyl (C=O) groups is 1. The highest BCUT2D eigenvalue weighted by Gasteiger charge is 2.18. The fourth-order valence-corrected chi connectivity index (χ4v) is 2.82. The van der Waals surface area contributed by atoms with E-state index in [1.807, 2.05) is 30.3 Å². The van der Waals surface area contributed by atoms with Gasteiger partial charge < -0.3 is 10.1 Å². The van der Waals surface area contributed by atoms with Crippen LogP contribution in [0.2, 0.25) is 0 Å². The highest BCUT2D eigenvalue weighted by Crippen LogP contribution is 2.28. The number of nitrogens with zero attached hydrogens (tertiary/aromatic N) is 1. The summed E-state index contributed by atoms with van der Waals surface area (Å²) >= 11 is 1.63. The molecule has 0 aromatic heterocycles. The van der Waals surface area contributed by atoms with E-state index in [0.717, 1.165) is 10.6 Å². The Hall–Kier alpha value is -2.54. The molecule has 2 rings (SSSR count). The number of hydrogen-bond acceptors (Lipinski definition) is 5. The van der Waals surface area contributed by atoms with Gasteiger partial charge in [-0.25, -0.2) is 0 Å². The molecule has 0 radical (unpaired) electrons. The second kappa shape index (κ2) is 8.93. The minimum absolute atomic E-state index is 0.165. The van der Waals surface area contributed by atoms with Crippen molar-refractivity contribution < 1.29 is 14.5 Å². The number of amides is 1. The summed E-state index contributed by atoms with van der Waals surface area (Å²) in [5.74, 6) is 0.544. The Morgan fingerprint density at radius 2 is 2.00 bits per heavy atom. The molecule has 0 bridgehead atoms. The van der Waals surface area contributed by atoms with Crippen molar-refractivity contribution in [1.29, 1.82) is 0 Å². The average Bonchev–Trinajstić information content (AvgIpc) is 2.60. The van der Waals surface area contributed by atoms with Gasteiger partial charge in [-0.15, -0.1) is 11.8 Å². The van der Waals surface area contributed by atoms with Crippen LogP contribution < -0.4 is 10.1 Å². The molecule has 0 unspecified atom stereocenters. The molecule has 126 valence electrons. The lowest BCUT2D eigenvalue weighted by molar-refractivity contribution is -0.385. The van der Waals surface area contributed by atoms with E-state index in [2.05, 4.69) is 5.32 Å². The number of carbonyl (C=O) groups excluding carboxylic acids is 1. The Bertz CT molecular complexity index is 707. The van der Waals surface area contributed by atoms with Crippen molar-refractivity contribution >= 4 is 23.4 Å². The van der Waals surface area contributed by atoms with Gasteiger partial charge in [0.25, 0.3) is 5.91 Å². The molecule has 2 aromatic carbocycles. The molecule has 0 heterocycles. The first-order valence-corrected chi connectivity index (χ1v) is 8.47. The van der Waals surface area contributed by atoms with Crippen molar-refractivity contribution in [3.63, 3.8) is 0 Å². The Morgan fingerprint density at radius 1 is 1.25 bits per heavy atom. The fourth-order valence-electron chi connectivity index (χ4n) is 2.03. The van der Waals surface area contributed by atoms with E-state index < -0.39 is 4.92 Å². The lowest BCUT2D eigenvalue weighted by atomic mass is 10.1. The van der Waals surface area contributed by atoms with E-state index >= 15 is 0 Å². The molecule has 7 heteroatoms. The molecule has 0 atom stereocenters. The lowest BCUT2D eigenvalue weighted by Crippen LogP contribution is -2.25. The Morgan fingerprint density at radius 3 is 2.67 bits per heavy atom. The van der Waals surface area contributed by atoms with Gasteiger partial charge in [-0.1, -0.05) is 18.2 Å². The molecule has 1 amide bonds. The van der Waals surface area contributed by atoms with Gasteiger partial charge in [-0.2, -0.15) is 0 Å². The number of benzene rings is 2. The van der Waals surface area contributed by atoms with Crippen molar-refractivity contribution in [3.8, 4) is 5.75 Å². The van der Waals surface area contributed by atoms with Gasteiger partial charge >= 0.3 is 5.69 Å². The first-order chi connectivity index (χ1) is 11.6. The molecular formula is C17H18N2O4S. The maximum absolute atomic E-state index is 12.1. The Labute approximate surface area is 144 Å². The minimum Gasteiger partial charge on any atom is -0.487 e. The summed E-state index contributed by atoms with van der Waals surface area (Å²) in [6, 6.07) is 14.1. The van der Waals surface area contributed by atoms with Crippen LogP contribution in [0.25, 0.3) is 0 Å². The van der Waals surface area contributed by atoms with Crippen LogP contribution in [0.5, 0.6) is 5.75 Å². The number of ether oxygens (including phenoxy) is 1. The van der Waals surface area contributed by atoms with Crippen LogP contribution in [0.15, 0.2) is 53.4 Å². The predicted molar refractivity (Wildman–Crippen MR) is 93.8 cm³/mol. The third-order valence-electron chi connectivity index (χ3n) is 3.12. The first kappa shape index (κ1) is 17.8. The maximum atomic E-state index is 12.1. The van der Waals surface area contributed by atoms with Gasteiger partial charge in [-0.05, 0) is 31.2 Å². The van der Waals surface area contributed by atoms with Gasteiger partial charge in [0.15, 0.2) is 5.75 Å². The van der Waals surface area contributed by atoms with Crippen LogP contribution in [0.3, 0.4) is 0 Å². The summed E-state index contributed by atoms with van der Waals surface area (Å²) < 4.78 is 5.20. The minimum atomic E-state index is -0.549. The second-order valence-electron chi connectivity index (χ2n) is 4.79. The van der Waals surface area contributed by atoms with E-state index in [9.17, 15) is 14.9 Å². The van der Waals surface area contributed by atoms with Gasteiger partial charge in [0.05, 0.1) is 11.5 Å². The number of hydrogen-bond donors (Lipinski definition) is 1. The third kappa shape index (κ3) is 4.99. The van der Waals surface area contributed by atoms with Gasteiger partial charge in [0.2, 0.25) is 0 Å². The number of nitro benzene ring substituents is 1. The van der Waals surface area contributed by atoms with E-state index in [1.54, 1.807) is 18.7 Å². The molecule has 0 spiro atoms. The van der Waals surface area contributed by atoms with Crippen molar-refractivity contribution in [3.05, 3.63) is 64.2 Å². The van der Waals surface area contributed by atoms with Crippen LogP contribution in [-0.4, -0.2) is 29.7 Å². The smallest absolute Gasteiger partial charge is 0.311 e. The molecule has 0 aliphatic heterocycles. The quantitative estimate of drug-likeness (QED) is 0.342. The summed E-state index contributed by atoms with van der Waals surface area (Å²) in [6.07, 6.45) is 0. The van der Waals surface area contributed by atoms with Crippen molar-refractivity contribution in [2.75, 3.05) is 18.9 Å². The SMILES string of the molecule is CCOc1ccc(C(=O)NCCSc2ccccc2)cc1[N+](=O)[O-]. The summed E-state index contributed by atoms with van der Waals surface area (Å²) in [5.41, 5.74) is 0.0398. The van der Waals surface area contributed by atoms with E-state index in [-0.39, 0.29) is 22.9 Å². The molecule has 0 fully saturated rings. The van der Waals surface area contributed by atoms with E-state index in [4.69, 9.17) is 4.74 Å². The topological polar surface area (TPSA) is 81.5 Å². The lowest BCUT2D eigenvalue weighted by Gasteiger charge is -2.08. The predicted octanol–water partition coefficient (Wildman–Crippen LogP) is 3.52. The van der Waals surface area contributed by atoms with Crippen molar-refractivity contribution in [1.82, 2.24) is 5.32 Å². The zero-order valence-corrected chi connectivity index (χ0v) is 14.0. The van der Waals surface area contributed by atoms with Crippen LogP contribution in [0.4, 0.5) is 5.69 Å². The van der Waals surface area contributed by atoms with Crippen LogP contribution >= 0.6 is 11.8 Å². The van der Waals surface area contributed by atoms with Crippen LogP contribution in [-0.2, 0) is 0 Å². The van der Waals surface area contributed by atoms with Crippen molar-refractivity contribution in [2.24, 2.45) is 0 Å². The number of rotatable bonds is 8. The fraction of sp³-hybridized carbons (Fsp3) is 0.235. The summed E-state index contributed by atoms with van der Waals surface area (Å²) in [6.45, 7) is 2.54. The number of nitrogens with one attached hydrogen (secondary N) is 1. The zero-order chi connectivity index (χ0) is 17.4. The zero-order valence-electron chi connectivity index (χ0n) is 13.2. The number of nitro groups is 1. The number of thioether (sulfide) groups is 1. The van der Waals surface area contributed by atoms with Gasteiger partial charge in [0, 0.05) is 28.8 Å². The molecule has 1 N–H and O–H groups in total. The van der Waals surface area contributed by atoms with Gasteiger partial charge in [0.1, 0.15) is 0 Å². The van der Waals surface area contributed by atoms with Crippen LogP contribution in [0, 0.1) is 10.1 Å². The molecule has 24 heavy (non-hydrogen) atoms. The molecule has 0 saturated carbocycles. The third-order valence-corrected chi connectivity index (χ3v) is 4.13. The Balaban J connectivity index is 1.92. The highest BCUT2D eigenvalue weighted by atomic mass is 32.2. The molecular weight excluding hydrogens is 328 g/mol. The van der Waals surface area contributed by atoms with Gasteiger partial charge in [-0.3, -0.25) is 14.9 Å². The first-order valence-electron chi connectivity index (χ1n) is 7.49. The van der Waals surface area contributed by atoms with E-state index in [1.165, 1.54) is 18.2 Å². The summed E-state index contributed by atoms with van der Waals surface area (Å²) in [7, 11) is 0. The highest BCUT2D eigenvalue weighted by molar-refractivity contribution is 7.99. The standard InChI is InChI=1S/C17H18N2O4S/c1-2-23-16-9-8-13(12-15(16)19(21)22)17(20)18-10-11-24-14-6-4-3-5-7-14/h3-9,12H,2,10-11H2,1H3,(H,18,20). The van der Waals surface area contributed by atoms with Crippen LogP contribution in [0.1, 0.15) is 17.3 Å². The normalized spacial score (nSPS) is 10.2. The maximum Gasteiger partial charge on any atom is 0.311 e. The Kier molecular flexibility index (Phi) is 6.62. The molecule has 6 nitrogen and oxygen atoms in total. The second-order valence-corrected chi connectivity index (χ2v) is 5.96. The monoisotopic (exact) mass is 346 g/mol. The molecule has 0 aliphatic rings. The summed E-state index contributed by atoms with van der Waals surface area (Å²) in [5, 5.41) is 13.8. The molecule has 0 saturated heterocycles. The molecule has 0 aliphatic carbocycles. The molecule has 2 aromatic rings. The average molecular weight is 346 g/mol. The van der Waals surface area contributed by atoms with Crippen molar-refractivity contribution in [2.45, 2.75) is 11.8 Å².